The number of benzene rings is 2. The second kappa shape index (κ2) is 7.72. The van der Waals surface area contributed by atoms with Crippen molar-refractivity contribution in [1.29, 1.82) is 0 Å². The van der Waals surface area contributed by atoms with E-state index in [9.17, 15) is 8.42 Å². The summed E-state index contributed by atoms with van der Waals surface area (Å²) in [4.78, 5) is 4.30. The number of pyridine rings is 1. The molecule has 5 nitrogen and oxygen atoms in total. The summed E-state index contributed by atoms with van der Waals surface area (Å²) in [6.45, 7) is 0. The Morgan fingerprint density at radius 2 is 1.80 bits per heavy atom. The molecule has 0 aliphatic carbocycles. The molecular formula is C18H17ClN2O3S. The maximum absolute atomic E-state index is 11.9. The highest BCUT2D eigenvalue weighted by Gasteiger charge is 2.09. The Morgan fingerprint density at radius 1 is 1.04 bits per heavy atom. The average Bonchev–Trinajstić information content (AvgIpc) is 2.61. The molecule has 0 saturated carbocycles. The minimum absolute atomic E-state index is 0.00115. The second-order valence-corrected chi connectivity index (χ2v) is 7.67. The standard InChI is InChI=1S/C18H17ClN2O3S/c19-10-2-12-25(22,23)21-15-5-8-16(9-6-15)24-17-7-4-14-3-1-11-20-18(14)13-17/h1,3-9,11,13,21H,2,10,12H2. The van der Waals surface area contributed by atoms with Gasteiger partial charge in [-0.1, -0.05) is 6.07 Å². The molecular weight excluding hydrogens is 360 g/mol. The third-order valence-electron chi connectivity index (χ3n) is 3.49. The van der Waals surface area contributed by atoms with E-state index in [-0.39, 0.29) is 5.75 Å². The zero-order valence-electron chi connectivity index (χ0n) is 13.4. The average molecular weight is 377 g/mol. The van der Waals surface area contributed by atoms with Gasteiger partial charge in [0.15, 0.2) is 0 Å². The van der Waals surface area contributed by atoms with E-state index in [0.717, 1.165) is 10.9 Å². The van der Waals surface area contributed by atoms with Crippen LogP contribution in [0, 0.1) is 0 Å². The number of aromatic nitrogens is 1. The van der Waals surface area contributed by atoms with Crippen molar-refractivity contribution in [2.75, 3.05) is 16.4 Å². The second-order valence-electron chi connectivity index (χ2n) is 5.45. The number of hydrogen-bond acceptors (Lipinski definition) is 4. The van der Waals surface area contributed by atoms with Crippen LogP contribution in [0.5, 0.6) is 11.5 Å². The highest BCUT2D eigenvalue weighted by molar-refractivity contribution is 7.92. The van der Waals surface area contributed by atoms with Crippen LogP contribution in [0.25, 0.3) is 10.9 Å². The molecule has 0 saturated heterocycles. The normalized spacial score (nSPS) is 11.4. The first kappa shape index (κ1) is 17.5. The van der Waals surface area contributed by atoms with Crippen molar-refractivity contribution in [3.05, 3.63) is 60.8 Å². The molecule has 3 aromatic rings. The van der Waals surface area contributed by atoms with Gasteiger partial charge in [0, 0.05) is 29.2 Å². The van der Waals surface area contributed by atoms with Gasteiger partial charge in [-0.05, 0) is 48.9 Å². The minimum Gasteiger partial charge on any atom is -0.457 e. The molecule has 1 aromatic heterocycles. The minimum atomic E-state index is -3.38. The molecule has 0 atom stereocenters. The summed E-state index contributed by atoms with van der Waals surface area (Å²) in [6, 6.07) is 16.3. The molecule has 130 valence electrons. The molecule has 25 heavy (non-hydrogen) atoms. The van der Waals surface area contributed by atoms with Crippen molar-refractivity contribution in [2.45, 2.75) is 6.42 Å². The Balaban J connectivity index is 1.69. The van der Waals surface area contributed by atoms with Gasteiger partial charge in [0.25, 0.3) is 0 Å². The highest BCUT2D eigenvalue weighted by Crippen LogP contribution is 2.26. The topological polar surface area (TPSA) is 68.3 Å². The summed E-state index contributed by atoms with van der Waals surface area (Å²) in [7, 11) is -3.38. The molecule has 0 unspecified atom stereocenters. The smallest absolute Gasteiger partial charge is 0.232 e. The molecule has 0 radical (unpaired) electrons. The molecule has 2 aromatic carbocycles. The molecule has 0 fully saturated rings. The molecule has 0 aliphatic rings. The van der Waals surface area contributed by atoms with E-state index in [1.54, 1.807) is 30.5 Å². The molecule has 3 rings (SSSR count). The van der Waals surface area contributed by atoms with Crippen molar-refractivity contribution in [3.8, 4) is 11.5 Å². The Hall–Kier alpha value is -2.31. The quantitative estimate of drug-likeness (QED) is 0.620. The number of alkyl halides is 1. The number of rotatable bonds is 7. The van der Waals surface area contributed by atoms with Crippen LogP contribution in [-0.4, -0.2) is 25.0 Å². The van der Waals surface area contributed by atoms with Gasteiger partial charge in [0.05, 0.1) is 11.3 Å². The van der Waals surface area contributed by atoms with E-state index in [4.69, 9.17) is 16.3 Å². The first-order valence-electron chi connectivity index (χ1n) is 7.75. The number of hydrogen-bond donors (Lipinski definition) is 1. The van der Waals surface area contributed by atoms with Crippen molar-refractivity contribution in [2.24, 2.45) is 0 Å². The summed E-state index contributed by atoms with van der Waals surface area (Å²) < 4.78 is 32.0. The van der Waals surface area contributed by atoms with Gasteiger partial charge in [-0.3, -0.25) is 9.71 Å². The van der Waals surface area contributed by atoms with Crippen LogP contribution >= 0.6 is 11.6 Å². The van der Waals surface area contributed by atoms with Gasteiger partial charge in [0.1, 0.15) is 11.5 Å². The molecule has 1 N–H and O–H groups in total. The number of nitrogens with one attached hydrogen (secondary N) is 1. The summed E-state index contributed by atoms with van der Waals surface area (Å²) in [5.74, 6) is 1.59. The van der Waals surface area contributed by atoms with E-state index in [1.165, 1.54) is 0 Å². The van der Waals surface area contributed by atoms with Crippen LogP contribution in [0.2, 0.25) is 0 Å². The van der Waals surface area contributed by atoms with E-state index in [0.29, 0.717) is 29.5 Å². The lowest BCUT2D eigenvalue weighted by molar-refractivity contribution is 0.483. The summed E-state index contributed by atoms with van der Waals surface area (Å²) >= 11 is 5.53. The van der Waals surface area contributed by atoms with E-state index in [2.05, 4.69) is 9.71 Å². The van der Waals surface area contributed by atoms with Gasteiger partial charge in [-0.2, -0.15) is 0 Å². The van der Waals surface area contributed by atoms with Crippen LogP contribution in [-0.2, 0) is 10.0 Å². The number of halogens is 1. The largest absolute Gasteiger partial charge is 0.457 e. The lowest BCUT2D eigenvalue weighted by atomic mass is 10.2. The molecule has 0 amide bonds. The molecule has 0 aliphatic heterocycles. The fourth-order valence-corrected chi connectivity index (χ4v) is 3.73. The van der Waals surface area contributed by atoms with E-state index < -0.39 is 10.0 Å². The summed E-state index contributed by atoms with van der Waals surface area (Å²) in [5.41, 5.74) is 1.34. The van der Waals surface area contributed by atoms with E-state index >= 15 is 0 Å². The van der Waals surface area contributed by atoms with Crippen molar-refractivity contribution in [3.63, 3.8) is 0 Å². The van der Waals surface area contributed by atoms with Crippen molar-refractivity contribution >= 4 is 38.2 Å². The van der Waals surface area contributed by atoms with Gasteiger partial charge in [-0.25, -0.2) is 8.42 Å². The van der Waals surface area contributed by atoms with Gasteiger partial charge < -0.3 is 4.74 Å². The van der Waals surface area contributed by atoms with E-state index in [1.807, 2.05) is 30.3 Å². The number of fused-ring (bicyclic) bond motifs is 1. The fraction of sp³-hybridized carbons (Fsp3) is 0.167. The van der Waals surface area contributed by atoms with Crippen molar-refractivity contribution < 1.29 is 13.2 Å². The van der Waals surface area contributed by atoms with Crippen LogP contribution in [0.4, 0.5) is 5.69 Å². The SMILES string of the molecule is O=S(=O)(CCCCl)Nc1ccc(Oc2ccc3cccnc3c2)cc1. The Labute approximate surface area is 151 Å². The van der Waals surface area contributed by atoms with Gasteiger partial charge in [-0.15, -0.1) is 11.6 Å². The van der Waals surface area contributed by atoms with Gasteiger partial charge in [0.2, 0.25) is 10.0 Å². The molecule has 7 heteroatoms. The molecule has 0 bridgehead atoms. The van der Waals surface area contributed by atoms with Crippen molar-refractivity contribution in [1.82, 2.24) is 4.98 Å². The molecule has 0 spiro atoms. The monoisotopic (exact) mass is 376 g/mol. The van der Waals surface area contributed by atoms with Gasteiger partial charge >= 0.3 is 0 Å². The third-order valence-corrected chi connectivity index (χ3v) is 5.13. The Kier molecular flexibility index (Phi) is 5.40. The third kappa shape index (κ3) is 4.84. The predicted octanol–water partition coefficient (Wildman–Crippen LogP) is 4.40. The molecule has 1 heterocycles. The zero-order chi connectivity index (χ0) is 17.7. The first-order chi connectivity index (χ1) is 12.1. The lowest BCUT2D eigenvalue weighted by Gasteiger charge is -2.09. The summed E-state index contributed by atoms with van der Waals surface area (Å²) in [5, 5.41) is 1.04. The zero-order valence-corrected chi connectivity index (χ0v) is 14.9. The fourth-order valence-electron chi connectivity index (χ4n) is 2.31. The number of sulfonamides is 1. The maximum Gasteiger partial charge on any atom is 0.232 e. The predicted molar refractivity (Wildman–Crippen MR) is 101 cm³/mol. The van der Waals surface area contributed by atoms with Crippen LogP contribution in [0.15, 0.2) is 60.8 Å². The first-order valence-corrected chi connectivity index (χ1v) is 9.93. The number of ether oxygens (including phenoxy) is 1. The van der Waals surface area contributed by atoms with Crippen LogP contribution in [0.1, 0.15) is 6.42 Å². The Bertz CT molecular complexity index is 959. The number of anilines is 1. The lowest BCUT2D eigenvalue weighted by Crippen LogP contribution is -2.16. The van der Waals surface area contributed by atoms with Crippen LogP contribution < -0.4 is 9.46 Å². The highest BCUT2D eigenvalue weighted by atomic mass is 35.5. The maximum atomic E-state index is 11.9. The number of nitrogens with zero attached hydrogens (tertiary/aromatic N) is 1. The Morgan fingerprint density at radius 3 is 2.56 bits per heavy atom. The van der Waals surface area contributed by atoms with Crippen LogP contribution in [0.3, 0.4) is 0 Å². The summed E-state index contributed by atoms with van der Waals surface area (Å²) in [6.07, 6.45) is 2.14.